The Morgan fingerprint density at radius 3 is 2.27 bits per heavy atom. The molecule has 0 aromatic carbocycles. The fraction of sp³-hybridized carbons (Fsp3) is 0.875. The van der Waals surface area contributed by atoms with E-state index in [0.717, 1.165) is 0 Å². The first-order chi connectivity index (χ1) is 6.77. The van der Waals surface area contributed by atoms with E-state index in [1.165, 1.54) is 0 Å². The van der Waals surface area contributed by atoms with Gasteiger partial charge in [0.05, 0.1) is 6.61 Å². The Kier molecular flexibility index (Phi) is 5.02. The molecule has 0 aliphatic carbocycles. The number of aliphatic hydroxyl groups is 2. The van der Waals surface area contributed by atoms with Crippen LogP contribution in [0.25, 0.3) is 0 Å². The molecule has 0 heterocycles. The maximum absolute atomic E-state index is 12.1. The van der Waals surface area contributed by atoms with Gasteiger partial charge in [-0.05, 0) is 6.42 Å². The smallest absolute Gasteiger partial charge is 0.422 e. The van der Waals surface area contributed by atoms with E-state index >= 15 is 0 Å². The standard InChI is InChI=1S/C8H13F3O4/c1-2-3-6(13)15-5-7(14,4-12)8(9,10)11/h12,14H,2-5H2,1H3. The monoisotopic (exact) mass is 230 g/mol. The highest BCUT2D eigenvalue weighted by Crippen LogP contribution is 2.30. The molecule has 0 spiro atoms. The molecule has 0 amide bonds. The molecular weight excluding hydrogens is 217 g/mol. The number of ether oxygens (including phenoxy) is 1. The van der Waals surface area contributed by atoms with Gasteiger partial charge in [-0.15, -0.1) is 0 Å². The number of carbonyl (C=O) groups is 1. The number of hydrogen-bond donors (Lipinski definition) is 2. The van der Waals surface area contributed by atoms with Crippen molar-refractivity contribution in [1.29, 1.82) is 0 Å². The largest absolute Gasteiger partial charge is 0.462 e. The quantitative estimate of drug-likeness (QED) is 0.679. The summed E-state index contributed by atoms with van der Waals surface area (Å²) < 4.78 is 40.6. The van der Waals surface area contributed by atoms with Crippen LogP contribution in [0, 0.1) is 0 Å². The van der Waals surface area contributed by atoms with Crippen LogP contribution in [-0.2, 0) is 9.53 Å². The summed E-state index contributed by atoms with van der Waals surface area (Å²) in [4.78, 5) is 10.8. The molecule has 90 valence electrons. The molecule has 0 fully saturated rings. The summed E-state index contributed by atoms with van der Waals surface area (Å²) in [5.41, 5.74) is -3.38. The van der Waals surface area contributed by atoms with E-state index in [2.05, 4.69) is 4.74 Å². The molecule has 0 aliphatic heterocycles. The van der Waals surface area contributed by atoms with Crippen LogP contribution in [-0.4, -0.2) is 41.2 Å². The predicted octanol–water partition coefficient (Wildman–Crippen LogP) is 0.615. The van der Waals surface area contributed by atoms with Gasteiger partial charge in [-0.25, -0.2) is 0 Å². The first kappa shape index (κ1) is 14.2. The fourth-order valence-electron chi connectivity index (χ4n) is 0.693. The Balaban J connectivity index is 4.28. The van der Waals surface area contributed by atoms with Crippen LogP contribution in [0.3, 0.4) is 0 Å². The lowest BCUT2D eigenvalue weighted by Gasteiger charge is -2.27. The second kappa shape index (κ2) is 5.32. The molecule has 0 rings (SSSR count). The van der Waals surface area contributed by atoms with Crippen molar-refractivity contribution in [2.75, 3.05) is 13.2 Å². The minimum absolute atomic E-state index is 0.0284. The summed E-state index contributed by atoms with van der Waals surface area (Å²) >= 11 is 0. The molecule has 1 atom stereocenters. The first-order valence-corrected chi connectivity index (χ1v) is 4.32. The first-order valence-electron chi connectivity index (χ1n) is 4.32. The fourth-order valence-corrected chi connectivity index (χ4v) is 0.693. The second-order valence-corrected chi connectivity index (χ2v) is 3.10. The Morgan fingerprint density at radius 1 is 1.40 bits per heavy atom. The molecule has 0 aliphatic rings. The number of aliphatic hydroxyl groups excluding tert-OH is 1. The van der Waals surface area contributed by atoms with E-state index in [-0.39, 0.29) is 6.42 Å². The van der Waals surface area contributed by atoms with Gasteiger partial charge in [0.1, 0.15) is 6.61 Å². The lowest BCUT2D eigenvalue weighted by Crippen LogP contribution is -2.52. The third-order valence-corrected chi connectivity index (χ3v) is 1.72. The van der Waals surface area contributed by atoms with Crippen LogP contribution < -0.4 is 0 Å². The zero-order valence-electron chi connectivity index (χ0n) is 8.17. The Hall–Kier alpha value is -0.820. The predicted molar refractivity (Wildman–Crippen MR) is 44.0 cm³/mol. The van der Waals surface area contributed by atoms with Gasteiger partial charge < -0.3 is 14.9 Å². The Morgan fingerprint density at radius 2 is 1.93 bits per heavy atom. The number of esters is 1. The van der Waals surface area contributed by atoms with E-state index in [0.29, 0.717) is 6.42 Å². The van der Waals surface area contributed by atoms with E-state index in [9.17, 15) is 18.0 Å². The van der Waals surface area contributed by atoms with Crippen LogP contribution in [0.1, 0.15) is 19.8 Å². The van der Waals surface area contributed by atoms with Crippen molar-refractivity contribution in [2.45, 2.75) is 31.5 Å². The lowest BCUT2D eigenvalue weighted by atomic mass is 10.1. The number of carbonyl (C=O) groups excluding carboxylic acids is 1. The SMILES string of the molecule is CCCC(=O)OCC(O)(CO)C(F)(F)F. The number of alkyl halides is 3. The Bertz CT molecular complexity index is 216. The molecular formula is C8H13F3O4. The summed E-state index contributed by atoms with van der Waals surface area (Å²) in [5.74, 6) is -0.839. The van der Waals surface area contributed by atoms with Gasteiger partial charge in [-0.1, -0.05) is 6.92 Å². The maximum atomic E-state index is 12.1. The van der Waals surface area contributed by atoms with Crippen LogP contribution in [0.15, 0.2) is 0 Å². The van der Waals surface area contributed by atoms with Gasteiger partial charge in [-0.3, -0.25) is 4.79 Å². The average Bonchev–Trinajstić information content (AvgIpc) is 2.13. The molecule has 0 radical (unpaired) electrons. The molecule has 1 unspecified atom stereocenters. The highest BCUT2D eigenvalue weighted by molar-refractivity contribution is 5.69. The molecule has 0 saturated heterocycles. The van der Waals surface area contributed by atoms with Crippen LogP contribution in [0.4, 0.5) is 13.2 Å². The van der Waals surface area contributed by atoms with Gasteiger partial charge in [0.2, 0.25) is 5.60 Å². The van der Waals surface area contributed by atoms with Crippen LogP contribution in [0.5, 0.6) is 0 Å². The molecule has 2 N–H and O–H groups in total. The van der Waals surface area contributed by atoms with E-state index in [1.54, 1.807) is 6.92 Å². The molecule has 15 heavy (non-hydrogen) atoms. The van der Waals surface area contributed by atoms with Gasteiger partial charge in [0, 0.05) is 6.42 Å². The lowest BCUT2D eigenvalue weighted by molar-refractivity contribution is -0.282. The molecule has 0 bridgehead atoms. The highest BCUT2D eigenvalue weighted by Gasteiger charge is 2.54. The van der Waals surface area contributed by atoms with Crippen molar-refractivity contribution in [2.24, 2.45) is 0 Å². The maximum Gasteiger partial charge on any atom is 0.422 e. The van der Waals surface area contributed by atoms with Crippen molar-refractivity contribution in [3.63, 3.8) is 0 Å². The molecule has 0 aromatic heterocycles. The van der Waals surface area contributed by atoms with E-state index in [1.807, 2.05) is 0 Å². The minimum Gasteiger partial charge on any atom is -0.462 e. The normalized spacial score (nSPS) is 15.9. The highest BCUT2D eigenvalue weighted by atomic mass is 19.4. The second-order valence-electron chi connectivity index (χ2n) is 3.10. The zero-order chi connectivity index (χ0) is 12.1. The zero-order valence-corrected chi connectivity index (χ0v) is 8.17. The third kappa shape index (κ3) is 4.05. The Labute approximate surface area is 84.7 Å². The average molecular weight is 230 g/mol. The summed E-state index contributed by atoms with van der Waals surface area (Å²) in [7, 11) is 0. The van der Waals surface area contributed by atoms with Crippen LogP contribution in [0.2, 0.25) is 0 Å². The van der Waals surface area contributed by atoms with E-state index < -0.39 is 31.0 Å². The van der Waals surface area contributed by atoms with Crippen molar-refractivity contribution >= 4 is 5.97 Å². The summed E-state index contributed by atoms with van der Waals surface area (Å²) in [6.45, 7) is -1.18. The van der Waals surface area contributed by atoms with Crippen molar-refractivity contribution < 1.29 is 32.9 Å². The third-order valence-electron chi connectivity index (χ3n) is 1.72. The summed E-state index contributed by atoms with van der Waals surface area (Å²) in [6, 6.07) is 0. The van der Waals surface area contributed by atoms with Gasteiger partial charge in [0.15, 0.2) is 0 Å². The van der Waals surface area contributed by atoms with Crippen molar-refractivity contribution in [3.8, 4) is 0 Å². The summed E-state index contributed by atoms with van der Waals surface area (Å²) in [6.07, 6.45) is -4.63. The number of hydrogen-bond acceptors (Lipinski definition) is 4. The minimum atomic E-state index is -5.03. The number of halogens is 3. The van der Waals surface area contributed by atoms with Crippen molar-refractivity contribution in [1.82, 2.24) is 0 Å². The summed E-state index contributed by atoms with van der Waals surface area (Å²) in [5, 5.41) is 17.3. The topological polar surface area (TPSA) is 66.8 Å². The van der Waals surface area contributed by atoms with Gasteiger partial charge in [-0.2, -0.15) is 13.2 Å². The van der Waals surface area contributed by atoms with Gasteiger partial charge in [0.25, 0.3) is 0 Å². The molecule has 7 heteroatoms. The molecule has 4 nitrogen and oxygen atoms in total. The molecule has 0 saturated carbocycles. The van der Waals surface area contributed by atoms with Crippen LogP contribution >= 0.6 is 0 Å². The molecule has 0 aromatic rings. The number of rotatable bonds is 5. The van der Waals surface area contributed by atoms with Crippen molar-refractivity contribution in [3.05, 3.63) is 0 Å². The van der Waals surface area contributed by atoms with E-state index in [4.69, 9.17) is 10.2 Å². The van der Waals surface area contributed by atoms with Gasteiger partial charge >= 0.3 is 12.1 Å².